The first-order chi connectivity index (χ1) is 13.4. The second-order valence-corrected chi connectivity index (χ2v) is 6.64. The summed E-state index contributed by atoms with van der Waals surface area (Å²) in [6.07, 6.45) is 0.667. The highest BCUT2D eigenvalue weighted by molar-refractivity contribution is 5.90. The molecule has 3 aromatic rings. The van der Waals surface area contributed by atoms with Crippen molar-refractivity contribution in [1.82, 2.24) is 20.1 Å². The average Bonchev–Trinajstić information content (AvgIpc) is 3.22. The maximum atomic E-state index is 14.8. The second kappa shape index (κ2) is 7.86. The number of rotatable bonds is 4. The number of pyridine rings is 1. The van der Waals surface area contributed by atoms with E-state index in [1.807, 2.05) is 13.0 Å². The Balaban J connectivity index is 0.00000240. The average molecular weight is 399 g/mol. The molecule has 1 N–H and O–H groups in total. The lowest BCUT2D eigenvalue weighted by molar-refractivity contribution is -0.119. The largest absolute Gasteiger partial charge is 0.442 e. The lowest BCUT2D eigenvalue weighted by atomic mass is 10.1. The Morgan fingerprint density at radius 1 is 1.34 bits per heavy atom. The van der Waals surface area contributed by atoms with Crippen molar-refractivity contribution in [1.29, 1.82) is 0 Å². The topological polar surface area (TPSA) is 88.8 Å². The molecule has 0 bridgehead atoms. The summed E-state index contributed by atoms with van der Waals surface area (Å²) in [5.74, 6) is -0.670. The number of nitrogens with zero attached hydrogens (tertiary/aromatic N) is 4. The van der Waals surface area contributed by atoms with Crippen LogP contribution in [-0.4, -0.2) is 46.0 Å². The zero-order chi connectivity index (χ0) is 19.8. The molecule has 0 saturated carbocycles. The van der Waals surface area contributed by atoms with Crippen molar-refractivity contribution in [3.05, 3.63) is 48.0 Å². The molecule has 1 aromatic carbocycles. The highest BCUT2D eigenvalue weighted by Crippen LogP contribution is 2.29. The molecule has 8 nitrogen and oxygen atoms in total. The van der Waals surface area contributed by atoms with Crippen LogP contribution in [0.15, 0.2) is 36.5 Å². The number of cyclic esters (lactones) is 1. The Morgan fingerprint density at radius 3 is 2.86 bits per heavy atom. The van der Waals surface area contributed by atoms with Gasteiger partial charge in [-0.15, -0.1) is 5.10 Å². The first-order valence-electron chi connectivity index (χ1n) is 8.76. The maximum Gasteiger partial charge on any atom is 0.414 e. The molecule has 1 aliphatic rings. The predicted octanol–water partition coefficient (Wildman–Crippen LogP) is 2.94. The van der Waals surface area contributed by atoms with Crippen LogP contribution >= 0.6 is 0 Å². The SMILES string of the molecule is C.CC(=O)NC[C@H]1CN(c2ccc(-c3ccc4c(C)nnn4c3)c(F)c2)C(=O)O1. The third kappa shape index (κ3) is 3.89. The fourth-order valence-electron chi connectivity index (χ4n) is 3.18. The predicted molar refractivity (Wildman–Crippen MR) is 106 cm³/mol. The summed E-state index contributed by atoms with van der Waals surface area (Å²) >= 11 is 0. The summed E-state index contributed by atoms with van der Waals surface area (Å²) in [5.41, 5.74) is 3.08. The second-order valence-electron chi connectivity index (χ2n) is 6.64. The van der Waals surface area contributed by atoms with E-state index in [1.165, 1.54) is 17.9 Å². The number of benzene rings is 1. The molecule has 1 aliphatic heterocycles. The number of amides is 2. The van der Waals surface area contributed by atoms with Gasteiger partial charge in [-0.05, 0) is 31.2 Å². The Labute approximate surface area is 167 Å². The minimum absolute atomic E-state index is 0. The monoisotopic (exact) mass is 399 g/mol. The molecular formula is C20H22FN5O3. The van der Waals surface area contributed by atoms with E-state index >= 15 is 0 Å². The van der Waals surface area contributed by atoms with Crippen molar-refractivity contribution in [2.75, 3.05) is 18.0 Å². The lowest BCUT2D eigenvalue weighted by Gasteiger charge is -2.14. The van der Waals surface area contributed by atoms with E-state index in [2.05, 4.69) is 15.6 Å². The third-order valence-corrected chi connectivity index (χ3v) is 4.62. The Morgan fingerprint density at radius 2 is 2.14 bits per heavy atom. The van der Waals surface area contributed by atoms with Crippen LogP contribution in [-0.2, 0) is 9.53 Å². The molecular weight excluding hydrogens is 377 g/mol. The van der Waals surface area contributed by atoms with Gasteiger partial charge in [-0.2, -0.15) is 0 Å². The van der Waals surface area contributed by atoms with Gasteiger partial charge in [-0.3, -0.25) is 9.69 Å². The summed E-state index contributed by atoms with van der Waals surface area (Å²) in [7, 11) is 0. The van der Waals surface area contributed by atoms with Gasteiger partial charge in [-0.25, -0.2) is 13.7 Å². The number of aryl methyl sites for hydroxylation is 1. The number of hydrogen-bond acceptors (Lipinski definition) is 5. The number of fused-ring (bicyclic) bond motifs is 1. The van der Waals surface area contributed by atoms with Gasteiger partial charge >= 0.3 is 6.09 Å². The molecule has 0 radical (unpaired) electrons. The highest BCUT2D eigenvalue weighted by atomic mass is 19.1. The van der Waals surface area contributed by atoms with Crippen molar-refractivity contribution in [2.24, 2.45) is 0 Å². The molecule has 2 aromatic heterocycles. The maximum absolute atomic E-state index is 14.8. The molecule has 1 atom stereocenters. The number of nitrogens with one attached hydrogen (secondary N) is 1. The van der Waals surface area contributed by atoms with Gasteiger partial charge in [0.15, 0.2) is 0 Å². The molecule has 3 heterocycles. The van der Waals surface area contributed by atoms with E-state index in [1.54, 1.807) is 28.9 Å². The molecule has 1 fully saturated rings. The van der Waals surface area contributed by atoms with Crippen LogP contribution in [0.1, 0.15) is 20.0 Å². The zero-order valence-electron chi connectivity index (χ0n) is 15.3. The number of aromatic nitrogens is 3. The molecule has 0 unspecified atom stereocenters. The van der Waals surface area contributed by atoms with E-state index < -0.39 is 18.0 Å². The van der Waals surface area contributed by atoms with Gasteiger partial charge < -0.3 is 10.1 Å². The van der Waals surface area contributed by atoms with E-state index in [9.17, 15) is 14.0 Å². The first kappa shape index (κ1) is 20.2. The van der Waals surface area contributed by atoms with Crippen LogP contribution < -0.4 is 10.2 Å². The molecule has 9 heteroatoms. The van der Waals surface area contributed by atoms with Crippen LogP contribution in [0.3, 0.4) is 0 Å². The number of anilines is 1. The van der Waals surface area contributed by atoms with Crippen molar-refractivity contribution in [2.45, 2.75) is 27.4 Å². The van der Waals surface area contributed by atoms with Gasteiger partial charge in [0.1, 0.15) is 11.9 Å². The number of carbonyl (C=O) groups excluding carboxylic acids is 2. The first-order valence-corrected chi connectivity index (χ1v) is 8.76. The van der Waals surface area contributed by atoms with Crippen molar-refractivity contribution < 1.29 is 18.7 Å². The van der Waals surface area contributed by atoms with Crippen molar-refractivity contribution in [3.63, 3.8) is 0 Å². The smallest absolute Gasteiger partial charge is 0.414 e. The summed E-state index contributed by atoms with van der Waals surface area (Å²) < 4.78 is 21.6. The quantitative estimate of drug-likeness (QED) is 0.729. The van der Waals surface area contributed by atoms with Crippen LogP contribution in [0.5, 0.6) is 0 Å². The summed E-state index contributed by atoms with van der Waals surface area (Å²) in [4.78, 5) is 24.5. The standard InChI is InChI=1S/C19H18FN5O3.CH4/c1-11-18-6-3-13(9-25(18)23-22-11)16-5-4-14(7-17(16)20)24-10-15(28-19(24)27)8-21-12(2)26;/h3-7,9,15H,8,10H2,1-2H3,(H,21,26);1H4/t15-;/m0./s1. The molecule has 0 aliphatic carbocycles. The lowest BCUT2D eigenvalue weighted by Crippen LogP contribution is -2.33. The summed E-state index contributed by atoms with van der Waals surface area (Å²) in [6, 6.07) is 8.22. The van der Waals surface area contributed by atoms with Crippen LogP contribution in [0.4, 0.5) is 14.9 Å². The van der Waals surface area contributed by atoms with E-state index in [0.717, 1.165) is 11.2 Å². The minimum Gasteiger partial charge on any atom is -0.442 e. The number of ether oxygens (including phenoxy) is 1. The van der Waals surface area contributed by atoms with Crippen molar-refractivity contribution in [3.8, 4) is 11.1 Å². The Kier molecular flexibility index (Phi) is 5.49. The van der Waals surface area contributed by atoms with E-state index in [-0.39, 0.29) is 26.4 Å². The Bertz CT molecular complexity index is 1080. The fraction of sp³-hybridized carbons (Fsp3) is 0.300. The Hall–Kier alpha value is -3.49. The molecule has 2 amide bonds. The fourth-order valence-corrected chi connectivity index (χ4v) is 3.18. The number of halogens is 1. The van der Waals surface area contributed by atoms with Crippen molar-refractivity contribution >= 4 is 23.2 Å². The highest BCUT2D eigenvalue weighted by Gasteiger charge is 2.32. The molecule has 1 saturated heterocycles. The number of hydrogen-bond donors (Lipinski definition) is 1. The normalized spacial score (nSPS) is 15.9. The summed E-state index contributed by atoms with van der Waals surface area (Å²) in [6.45, 7) is 3.70. The van der Waals surface area contributed by atoms with E-state index in [0.29, 0.717) is 16.8 Å². The molecule has 152 valence electrons. The van der Waals surface area contributed by atoms with Gasteiger partial charge in [-0.1, -0.05) is 18.7 Å². The molecule has 29 heavy (non-hydrogen) atoms. The molecule has 0 spiro atoms. The minimum atomic E-state index is -0.568. The van der Waals surface area contributed by atoms with Gasteiger partial charge in [0, 0.05) is 24.2 Å². The zero-order valence-corrected chi connectivity index (χ0v) is 15.3. The van der Waals surface area contributed by atoms with Gasteiger partial charge in [0.2, 0.25) is 5.91 Å². The van der Waals surface area contributed by atoms with Crippen LogP contribution in [0, 0.1) is 12.7 Å². The van der Waals surface area contributed by atoms with E-state index in [4.69, 9.17) is 4.74 Å². The molecule has 4 rings (SSSR count). The van der Waals surface area contributed by atoms with Gasteiger partial charge in [0.25, 0.3) is 0 Å². The summed E-state index contributed by atoms with van der Waals surface area (Å²) in [5, 5.41) is 10.6. The third-order valence-electron chi connectivity index (χ3n) is 4.62. The van der Waals surface area contributed by atoms with Gasteiger partial charge in [0.05, 0.1) is 30.0 Å². The number of carbonyl (C=O) groups is 2. The van der Waals surface area contributed by atoms with Crippen LogP contribution in [0.25, 0.3) is 16.6 Å². The van der Waals surface area contributed by atoms with Crippen LogP contribution in [0.2, 0.25) is 0 Å².